The molecule has 0 atom stereocenters. The van der Waals surface area contributed by atoms with Gasteiger partial charge in [-0.25, -0.2) is 0 Å². The minimum Gasteiger partial charge on any atom is -0.497 e. The van der Waals surface area contributed by atoms with Crippen LogP contribution in [0.5, 0.6) is 5.75 Å². The monoisotopic (exact) mass is 237 g/mol. The summed E-state index contributed by atoms with van der Waals surface area (Å²) in [6.07, 6.45) is 2.83. The highest BCUT2D eigenvalue weighted by Crippen LogP contribution is 2.17. The SMILES string of the molecule is CC=C(C)[SiH2]COc1ccc([N+](=O)[O-])cc1. The van der Waals surface area contributed by atoms with Crippen molar-refractivity contribution >= 4 is 15.2 Å². The van der Waals surface area contributed by atoms with Gasteiger partial charge in [0.25, 0.3) is 5.69 Å². The van der Waals surface area contributed by atoms with Gasteiger partial charge in [0.15, 0.2) is 0 Å². The molecule has 0 aliphatic heterocycles. The lowest BCUT2D eigenvalue weighted by Crippen LogP contribution is -2.07. The molecule has 0 aliphatic rings. The number of hydrogen-bond donors (Lipinski definition) is 0. The predicted molar refractivity (Wildman–Crippen MR) is 66.6 cm³/mol. The first kappa shape index (κ1) is 12.4. The molecule has 1 aromatic carbocycles. The number of nitro groups is 1. The van der Waals surface area contributed by atoms with Gasteiger partial charge in [0.05, 0.1) is 20.7 Å². The zero-order valence-electron chi connectivity index (χ0n) is 9.47. The van der Waals surface area contributed by atoms with Crippen LogP contribution in [0.2, 0.25) is 0 Å². The third-order valence-corrected chi connectivity index (χ3v) is 3.91. The fourth-order valence-corrected chi connectivity index (χ4v) is 2.09. The van der Waals surface area contributed by atoms with Gasteiger partial charge < -0.3 is 4.74 Å². The second-order valence-corrected chi connectivity index (χ2v) is 5.51. The molecular formula is C11H15NO3Si. The highest BCUT2D eigenvalue weighted by molar-refractivity contribution is 6.44. The number of hydrogen-bond acceptors (Lipinski definition) is 3. The summed E-state index contributed by atoms with van der Waals surface area (Å²) in [5.74, 6) is 0.696. The minimum absolute atomic E-state index is 0.0919. The van der Waals surface area contributed by atoms with Gasteiger partial charge in [-0.15, -0.1) is 0 Å². The molecule has 0 N–H and O–H groups in total. The van der Waals surface area contributed by atoms with E-state index in [1.165, 1.54) is 17.3 Å². The Morgan fingerprint density at radius 3 is 2.62 bits per heavy atom. The molecule has 0 unspecified atom stereocenters. The van der Waals surface area contributed by atoms with Gasteiger partial charge in [-0.05, 0) is 26.0 Å². The molecule has 1 aromatic rings. The van der Waals surface area contributed by atoms with E-state index in [9.17, 15) is 10.1 Å². The van der Waals surface area contributed by atoms with Crippen molar-refractivity contribution in [3.8, 4) is 5.75 Å². The van der Waals surface area contributed by atoms with Gasteiger partial charge in [0.2, 0.25) is 0 Å². The summed E-state index contributed by atoms with van der Waals surface area (Å²) in [4.78, 5) is 10.0. The Morgan fingerprint density at radius 2 is 2.12 bits per heavy atom. The van der Waals surface area contributed by atoms with Gasteiger partial charge in [-0.2, -0.15) is 0 Å². The predicted octanol–water partition coefficient (Wildman–Crippen LogP) is 2.02. The van der Waals surface area contributed by atoms with Crippen LogP contribution in [0.25, 0.3) is 0 Å². The number of ether oxygens (including phenoxy) is 1. The lowest BCUT2D eigenvalue weighted by Gasteiger charge is -2.05. The van der Waals surface area contributed by atoms with Gasteiger partial charge in [-0.3, -0.25) is 10.1 Å². The van der Waals surface area contributed by atoms with Crippen LogP contribution in [0.4, 0.5) is 5.69 Å². The van der Waals surface area contributed by atoms with E-state index in [-0.39, 0.29) is 15.2 Å². The molecule has 0 spiro atoms. The maximum Gasteiger partial charge on any atom is 0.269 e. The Balaban J connectivity index is 2.47. The van der Waals surface area contributed by atoms with Crippen molar-refractivity contribution in [2.75, 3.05) is 6.23 Å². The number of non-ortho nitro benzene ring substituents is 1. The second-order valence-electron chi connectivity index (χ2n) is 3.48. The highest BCUT2D eigenvalue weighted by Gasteiger charge is 2.03. The first-order valence-electron chi connectivity index (χ1n) is 5.12. The summed E-state index contributed by atoms with van der Waals surface area (Å²) < 4.78 is 5.51. The van der Waals surface area contributed by atoms with Crippen molar-refractivity contribution in [2.45, 2.75) is 13.8 Å². The Bertz CT molecular complexity index is 387. The van der Waals surface area contributed by atoms with Crippen molar-refractivity contribution < 1.29 is 9.66 Å². The molecular weight excluding hydrogens is 222 g/mol. The maximum absolute atomic E-state index is 10.4. The first-order chi connectivity index (χ1) is 7.63. The van der Waals surface area contributed by atoms with Crippen LogP contribution in [-0.4, -0.2) is 20.7 Å². The molecule has 0 aromatic heterocycles. The largest absolute Gasteiger partial charge is 0.497 e. The summed E-state index contributed by atoms with van der Waals surface area (Å²) in [7, 11) is -0.328. The standard InChI is InChI=1S/C11H15NO3Si/c1-3-9(2)16-8-15-11-6-4-10(5-7-11)12(13)14/h3-7H,8,16H2,1-2H3. The van der Waals surface area contributed by atoms with Crippen LogP contribution in [0.3, 0.4) is 0 Å². The smallest absolute Gasteiger partial charge is 0.269 e. The lowest BCUT2D eigenvalue weighted by molar-refractivity contribution is -0.384. The van der Waals surface area contributed by atoms with Crippen molar-refractivity contribution in [3.63, 3.8) is 0 Å². The third kappa shape index (κ3) is 3.86. The molecule has 0 radical (unpaired) electrons. The molecule has 0 heterocycles. The topological polar surface area (TPSA) is 52.4 Å². The summed E-state index contributed by atoms with van der Waals surface area (Å²) in [5, 5.41) is 11.8. The number of rotatable bonds is 5. The van der Waals surface area contributed by atoms with E-state index in [0.29, 0.717) is 5.75 Å². The summed E-state index contributed by atoms with van der Waals surface area (Å²) in [5.41, 5.74) is 0.0919. The van der Waals surface area contributed by atoms with E-state index in [4.69, 9.17) is 4.74 Å². The second kappa shape index (κ2) is 6.07. The average molecular weight is 237 g/mol. The number of nitrogens with zero attached hydrogens (tertiary/aromatic N) is 1. The van der Waals surface area contributed by atoms with Crippen molar-refractivity contribution in [2.24, 2.45) is 0 Å². The molecule has 0 aliphatic carbocycles. The molecule has 4 nitrogen and oxygen atoms in total. The van der Waals surface area contributed by atoms with Crippen LogP contribution < -0.4 is 4.74 Å². The van der Waals surface area contributed by atoms with Crippen molar-refractivity contribution in [1.82, 2.24) is 0 Å². The Morgan fingerprint density at radius 1 is 1.50 bits per heavy atom. The van der Waals surface area contributed by atoms with Gasteiger partial charge >= 0.3 is 0 Å². The van der Waals surface area contributed by atoms with E-state index < -0.39 is 4.92 Å². The number of allylic oxidation sites excluding steroid dienone is 2. The van der Waals surface area contributed by atoms with E-state index in [1.54, 1.807) is 12.1 Å². The number of benzene rings is 1. The molecule has 5 heteroatoms. The minimum atomic E-state index is -0.414. The van der Waals surface area contributed by atoms with E-state index in [1.807, 2.05) is 6.92 Å². The fourth-order valence-electron chi connectivity index (χ4n) is 1.14. The molecule has 1 rings (SSSR count). The molecule has 16 heavy (non-hydrogen) atoms. The van der Waals surface area contributed by atoms with E-state index >= 15 is 0 Å². The molecule has 0 saturated heterocycles. The Kier molecular flexibility index (Phi) is 4.72. The Hall–Kier alpha value is -1.62. The summed E-state index contributed by atoms with van der Waals surface area (Å²) in [6.45, 7) is 4.12. The molecule has 0 fully saturated rings. The fraction of sp³-hybridized carbons (Fsp3) is 0.273. The van der Waals surface area contributed by atoms with Crippen molar-refractivity contribution in [1.29, 1.82) is 0 Å². The molecule has 86 valence electrons. The maximum atomic E-state index is 10.4. The quantitative estimate of drug-likeness (QED) is 0.447. The number of nitro benzene ring substituents is 1. The van der Waals surface area contributed by atoms with Gasteiger partial charge in [-0.1, -0.05) is 11.3 Å². The van der Waals surface area contributed by atoms with Crippen LogP contribution in [-0.2, 0) is 0 Å². The van der Waals surface area contributed by atoms with E-state index in [2.05, 4.69) is 13.0 Å². The van der Waals surface area contributed by atoms with Gasteiger partial charge in [0, 0.05) is 12.1 Å². The first-order valence-corrected chi connectivity index (χ1v) is 6.83. The van der Waals surface area contributed by atoms with Crippen LogP contribution in [0.1, 0.15) is 13.8 Å². The van der Waals surface area contributed by atoms with Crippen LogP contribution in [0, 0.1) is 10.1 Å². The lowest BCUT2D eigenvalue weighted by atomic mass is 10.3. The van der Waals surface area contributed by atoms with Crippen LogP contribution >= 0.6 is 0 Å². The normalized spacial score (nSPS) is 12.0. The molecule has 0 bridgehead atoms. The van der Waals surface area contributed by atoms with Crippen LogP contribution in [0.15, 0.2) is 35.5 Å². The zero-order valence-corrected chi connectivity index (χ0v) is 10.9. The van der Waals surface area contributed by atoms with E-state index in [0.717, 1.165) is 6.23 Å². The Labute approximate surface area is 96.9 Å². The summed E-state index contributed by atoms with van der Waals surface area (Å²) in [6, 6.07) is 6.19. The zero-order chi connectivity index (χ0) is 12.0. The average Bonchev–Trinajstić information content (AvgIpc) is 2.29. The molecule has 0 saturated carbocycles. The third-order valence-electron chi connectivity index (χ3n) is 2.31. The summed E-state index contributed by atoms with van der Waals surface area (Å²) >= 11 is 0. The highest BCUT2D eigenvalue weighted by atomic mass is 28.2. The van der Waals surface area contributed by atoms with Crippen molar-refractivity contribution in [3.05, 3.63) is 45.7 Å². The molecule has 0 amide bonds. The van der Waals surface area contributed by atoms with Gasteiger partial charge in [0.1, 0.15) is 5.75 Å².